The first-order chi connectivity index (χ1) is 21.0. The third kappa shape index (κ3) is 8.23. The molecule has 1 aromatic heterocycles. The number of para-hydroxylation sites is 1. The van der Waals surface area contributed by atoms with E-state index in [2.05, 4.69) is 29.8 Å². The van der Waals surface area contributed by atoms with E-state index in [1.807, 2.05) is 23.7 Å². The van der Waals surface area contributed by atoms with Gasteiger partial charge in [-0.05, 0) is 68.8 Å². The number of rotatable bonds is 10. The Balaban J connectivity index is 0.000000413. The van der Waals surface area contributed by atoms with E-state index in [-0.39, 0.29) is 24.2 Å². The molecule has 0 saturated heterocycles. The van der Waals surface area contributed by atoms with Crippen LogP contribution < -0.4 is 14.4 Å². The number of aliphatic hydroxyl groups is 1. The van der Waals surface area contributed by atoms with Crippen molar-refractivity contribution in [1.29, 1.82) is 0 Å². The molecule has 4 aromatic rings. The number of hydrogen-bond donors (Lipinski definition) is 1. The number of amides is 1. The van der Waals surface area contributed by atoms with E-state index < -0.39 is 17.1 Å². The molecule has 7 nitrogen and oxygen atoms in total. The van der Waals surface area contributed by atoms with Crippen LogP contribution in [0, 0.1) is 0 Å². The van der Waals surface area contributed by atoms with Gasteiger partial charge in [-0.3, -0.25) is 14.6 Å². The second-order valence-electron chi connectivity index (χ2n) is 10.3. The van der Waals surface area contributed by atoms with Crippen LogP contribution in [0.5, 0.6) is 11.5 Å². The van der Waals surface area contributed by atoms with Crippen LogP contribution in [0.2, 0.25) is 0 Å². The maximum atomic E-state index is 13.3. The molecule has 1 unspecified atom stereocenters. The summed E-state index contributed by atoms with van der Waals surface area (Å²) in [4.78, 5) is 20.9. The van der Waals surface area contributed by atoms with Gasteiger partial charge >= 0.3 is 6.18 Å². The summed E-state index contributed by atoms with van der Waals surface area (Å²) in [6, 6.07) is 17.1. The monoisotopic (exact) mass is 647 g/mol. The zero-order valence-electron chi connectivity index (χ0n) is 25.0. The third-order valence-electron chi connectivity index (χ3n) is 7.04. The molecule has 3 aromatic carbocycles. The Morgan fingerprint density at radius 3 is 2.55 bits per heavy atom. The number of nitrogens with zero attached hydrogens (tertiary/aromatic N) is 3. The van der Waals surface area contributed by atoms with E-state index in [0.29, 0.717) is 41.5 Å². The van der Waals surface area contributed by atoms with Crippen molar-refractivity contribution in [1.82, 2.24) is 9.88 Å². The molecule has 0 bridgehead atoms. The number of alkyl halides is 3. The number of aliphatic hydroxyl groups excluding tert-OH is 1. The van der Waals surface area contributed by atoms with E-state index in [0.717, 1.165) is 24.2 Å². The average Bonchev–Trinajstić information content (AvgIpc) is 3.63. The van der Waals surface area contributed by atoms with Crippen LogP contribution in [0.3, 0.4) is 0 Å². The summed E-state index contributed by atoms with van der Waals surface area (Å²) < 4.78 is 52.7. The molecular formula is C32H36F3N3O4S2. The summed E-state index contributed by atoms with van der Waals surface area (Å²) in [6.07, 6.45) is -3.79. The van der Waals surface area contributed by atoms with Gasteiger partial charge in [0.15, 0.2) is 0 Å². The molecule has 0 saturated carbocycles. The molecule has 0 radical (unpaired) electrons. The topological polar surface area (TPSA) is 75.1 Å². The lowest BCUT2D eigenvalue weighted by Gasteiger charge is -2.27. The molecule has 0 aliphatic carbocycles. The number of methoxy groups -OCH3 is 1. The van der Waals surface area contributed by atoms with Gasteiger partial charge in [-0.1, -0.05) is 23.9 Å². The largest absolute Gasteiger partial charge is 0.497 e. The molecule has 1 amide bonds. The number of anilines is 1. The predicted octanol–water partition coefficient (Wildman–Crippen LogP) is 7.64. The Morgan fingerprint density at radius 2 is 1.89 bits per heavy atom. The number of benzene rings is 3. The van der Waals surface area contributed by atoms with Crippen molar-refractivity contribution < 1.29 is 32.5 Å². The Kier molecular flexibility index (Phi) is 11.5. The molecule has 12 heteroatoms. The zero-order chi connectivity index (χ0) is 31.9. The van der Waals surface area contributed by atoms with E-state index in [1.54, 1.807) is 29.5 Å². The molecule has 5 rings (SSSR count). The van der Waals surface area contributed by atoms with E-state index in [1.165, 1.54) is 41.5 Å². The van der Waals surface area contributed by atoms with Crippen molar-refractivity contribution in [2.24, 2.45) is 0 Å². The molecule has 1 N–H and O–H groups in total. The van der Waals surface area contributed by atoms with Gasteiger partial charge in [0.2, 0.25) is 5.91 Å². The quantitative estimate of drug-likeness (QED) is 0.177. The summed E-state index contributed by atoms with van der Waals surface area (Å²) in [5.41, 5.74) is 3.04. The number of carbonyl (C=O) groups is 1. The van der Waals surface area contributed by atoms with Crippen LogP contribution >= 0.6 is 23.1 Å². The predicted molar refractivity (Wildman–Crippen MR) is 170 cm³/mol. The van der Waals surface area contributed by atoms with Crippen LogP contribution in [-0.2, 0) is 11.0 Å². The van der Waals surface area contributed by atoms with Crippen molar-refractivity contribution in [2.45, 2.75) is 49.7 Å². The lowest BCUT2D eigenvalue weighted by atomic mass is 10.1. The number of thiazole rings is 1. The Hall–Kier alpha value is -3.32. The van der Waals surface area contributed by atoms with Crippen molar-refractivity contribution >= 4 is 44.9 Å². The molecule has 0 fully saturated rings. The van der Waals surface area contributed by atoms with Gasteiger partial charge in [-0.15, -0.1) is 11.3 Å². The number of fused-ring (bicyclic) bond motifs is 2. The fourth-order valence-electron chi connectivity index (χ4n) is 4.81. The number of halogens is 3. The van der Waals surface area contributed by atoms with Crippen LogP contribution in [0.25, 0.3) is 10.2 Å². The number of thioether (sulfide) groups is 1. The van der Waals surface area contributed by atoms with Crippen LogP contribution in [0.1, 0.15) is 43.7 Å². The Labute approximate surface area is 263 Å². The molecule has 2 heterocycles. The standard InChI is InChI=1S/C25H31F3N2O4S.C7H5NS/c1-16(2)29(11-12-31)10-5-13-34-22-8-7-19(33-4)15-20(22)24-30(17(3)32)21-14-18(25(26,27)28)6-9-23(21)35-24;1-2-4-7-6(3-1)8-5-9-7/h6-9,14-16,24,31H,5,10-13H2,1-4H3;1-5H. The Bertz CT molecular complexity index is 1520. The fraction of sp³-hybridized carbons (Fsp3) is 0.375. The molecular weight excluding hydrogens is 611 g/mol. The van der Waals surface area contributed by atoms with Gasteiger partial charge in [0, 0.05) is 36.5 Å². The number of ether oxygens (including phenoxy) is 2. The minimum absolute atomic E-state index is 0.0814. The van der Waals surface area contributed by atoms with Crippen molar-refractivity contribution in [2.75, 3.05) is 38.3 Å². The highest BCUT2D eigenvalue weighted by Gasteiger charge is 2.39. The van der Waals surface area contributed by atoms with Gasteiger partial charge < -0.3 is 14.6 Å². The molecule has 1 atom stereocenters. The van der Waals surface area contributed by atoms with Crippen LogP contribution in [-0.4, -0.2) is 60.4 Å². The average molecular weight is 648 g/mol. The van der Waals surface area contributed by atoms with Crippen LogP contribution in [0.15, 0.2) is 71.1 Å². The van der Waals surface area contributed by atoms with Gasteiger partial charge in [0.25, 0.3) is 0 Å². The smallest absolute Gasteiger partial charge is 0.416 e. The second kappa shape index (κ2) is 15.1. The zero-order valence-corrected chi connectivity index (χ0v) is 26.6. The van der Waals surface area contributed by atoms with Crippen LogP contribution in [0.4, 0.5) is 18.9 Å². The first kappa shape index (κ1) is 33.6. The summed E-state index contributed by atoms with van der Waals surface area (Å²) in [6.45, 7) is 7.27. The van der Waals surface area contributed by atoms with Gasteiger partial charge in [-0.25, -0.2) is 4.98 Å². The minimum atomic E-state index is -4.51. The second-order valence-corrected chi connectivity index (χ2v) is 12.3. The van der Waals surface area contributed by atoms with Gasteiger partial charge in [0.1, 0.15) is 16.9 Å². The lowest BCUT2D eigenvalue weighted by molar-refractivity contribution is -0.137. The van der Waals surface area contributed by atoms with Gasteiger partial charge in [-0.2, -0.15) is 13.2 Å². The number of hydrogen-bond acceptors (Lipinski definition) is 8. The normalized spacial score (nSPS) is 14.5. The van der Waals surface area contributed by atoms with Crippen molar-refractivity contribution in [3.8, 4) is 11.5 Å². The third-order valence-corrected chi connectivity index (χ3v) is 9.14. The molecule has 44 heavy (non-hydrogen) atoms. The number of aromatic nitrogens is 1. The maximum absolute atomic E-state index is 13.3. The fourth-order valence-corrected chi connectivity index (χ4v) is 6.83. The molecule has 1 aliphatic heterocycles. The highest BCUT2D eigenvalue weighted by Crippen LogP contribution is 2.54. The first-order valence-corrected chi connectivity index (χ1v) is 15.9. The SMILES string of the molecule is COc1ccc(OCCCN(CCO)C(C)C)c(C2Sc3ccc(C(F)(F)F)cc3N2C(C)=O)c1.c1ccc2scnc2c1. The number of carbonyl (C=O) groups excluding carboxylic acids is 1. The summed E-state index contributed by atoms with van der Waals surface area (Å²) in [5.74, 6) is 0.722. The van der Waals surface area contributed by atoms with Crippen molar-refractivity contribution in [3.63, 3.8) is 0 Å². The summed E-state index contributed by atoms with van der Waals surface area (Å²) >= 11 is 2.98. The first-order valence-electron chi connectivity index (χ1n) is 14.1. The minimum Gasteiger partial charge on any atom is -0.497 e. The summed E-state index contributed by atoms with van der Waals surface area (Å²) in [5, 5.41) is 8.65. The summed E-state index contributed by atoms with van der Waals surface area (Å²) in [7, 11) is 1.52. The van der Waals surface area contributed by atoms with E-state index in [4.69, 9.17) is 9.47 Å². The molecule has 236 valence electrons. The highest BCUT2D eigenvalue weighted by atomic mass is 32.2. The maximum Gasteiger partial charge on any atom is 0.416 e. The molecule has 0 spiro atoms. The highest BCUT2D eigenvalue weighted by molar-refractivity contribution is 8.00. The molecule has 1 aliphatic rings. The lowest BCUT2D eigenvalue weighted by Crippen LogP contribution is -2.35. The van der Waals surface area contributed by atoms with Gasteiger partial charge in [0.05, 0.1) is 47.3 Å². The van der Waals surface area contributed by atoms with E-state index in [9.17, 15) is 23.1 Å². The van der Waals surface area contributed by atoms with Crippen molar-refractivity contribution in [3.05, 3.63) is 77.3 Å². The van der Waals surface area contributed by atoms with E-state index >= 15 is 0 Å². The Morgan fingerprint density at radius 1 is 1.11 bits per heavy atom.